The summed E-state index contributed by atoms with van der Waals surface area (Å²) in [4.78, 5) is 22.7. The van der Waals surface area contributed by atoms with Gasteiger partial charge in [0, 0.05) is 12.1 Å². The molecule has 2 aromatic carbocycles. The summed E-state index contributed by atoms with van der Waals surface area (Å²) in [5, 5.41) is 13.7. The molecule has 0 saturated carbocycles. The van der Waals surface area contributed by atoms with E-state index < -0.39 is 17.4 Å². The van der Waals surface area contributed by atoms with Crippen LogP contribution in [0, 0.1) is 17.0 Å². The molecule has 0 bridgehead atoms. The van der Waals surface area contributed by atoms with Crippen LogP contribution in [0.2, 0.25) is 0 Å². The van der Waals surface area contributed by atoms with Gasteiger partial charge in [-0.1, -0.05) is 24.3 Å². The average molecular weight is 350 g/mol. The highest BCUT2D eigenvalue weighted by Gasteiger charge is 2.21. The first-order chi connectivity index (χ1) is 11.9. The number of nitrogens with zero attached hydrogens (tertiary/aromatic N) is 1. The van der Waals surface area contributed by atoms with Gasteiger partial charge in [0.05, 0.1) is 4.92 Å². The number of aryl methyl sites for hydroxylation is 1. The number of halogens is 2. The Morgan fingerprint density at radius 1 is 1.24 bits per heavy atom. The maximum Gasteiger partial charge on any atom is 0.387 e. The molecule has 0 saturated heterocycles. The van der Waals surface area contributed by atoms with Crippen LogP contribution in [0.4, 0.5) is 14.5 Å². The molecule has 0 aliphatic heterocycles. The van der Waals surface area contributed by atoms with Gasteiger partial charge in [-0.2, -0.15) is 8.78 Å². The monoisotopic (exact) mass is 350 g/mol. The van der Waals surface area contributed by atoms with Gasteiger partial charge in [-0.3, -0.25) is 14.9 Å². The van der Waals surface area contributed by atoms with Gasteiger partial charge in [0.2, 0.25) is 0 Å². The molecule has 2 rings (SSSR count). The first-order valence-electron chi connectivity index (χ1n) is 7.44. The van der Waals surface area contributed by atoms with Gasteiger partial charge in [-0.25, -0.2) is 0 Å². The number of nitro benzene ring substituents is 1. The second-order valence-corrected chi connectivity index (χ2v) is 5.26. The minimum Gasteiger partial charge on any atom is -0.435 e. The molecule has 0 fully saturated rings. The van der Waals surface area contributed by atoms with Crippen molar-refractivity contribution in [2.45, 2.75) is 20.0 Å². The number of para-hydroxylation sites is 1. The summed E-state index contributed by atoms with van der Waals surface area (Å²) in [6.45, 7) is -1.06. The highest BCUT2D eigenvalue weighted by molar-refractivity contribution is 5.98. The number of carbonyl (C=O) groups is 1. The van der Waals surface area contributed by atoms with Crippen molar-refractivity contribution in [1.82, 2.24) is 5.32 Å². The Kier molecular flexibility index (Phi) is 5.99. The first-order valence-corrected chi connectivity index (χ1v) is 7.44. The normalized spacial score (nSPS) is 10.6. The lowest BCUT2D eigenvalue weighted by atomic mass is 10.1. The summed E-state index contributed by atoms with van der Waals surface area (Å²) in [7, 11) is 0. The van der Waals surface area contributed by atoms with Crippen molar-refractivity contribution in [3.63, 3.8) is 0 Å². The van der Waals surface area contributed by atoms with Gasteiger partial charge < -0.3 is 10.1 Å². The van der Waals surface area contributed by atoms with E-state index in [2.05, 4.69) is 10.1 Å². The van der Waals surface area contributed by atoms with E-state index in [1.807, 2.05) is 0 Å². The third-order valence-corrected chi connectivity index (χ3v) is 3.51. The third kappa shape index (κ3) is 4.97. The molecule has 2 aromatic rings. The van der Waals surface area contributed by atoms with Crippen molar-refractivity contribution in [3.8, 4) is 5.75 Å². The largest absolute Gasteiger partial charge is 0.435 e. The van der Waals surface area contributed by atoms with E-state index in [0.29, 0.717) is 12.0 Å². The number of rotatable bonds is 7. The zero-order valence-corrected chi connectivity index (χ0v) is 13.4. The van der Waals surface area contributed by atoms with E-state index in [4.69, 9.17) is 0 Å². The van der Waals surface area contributed by atoms with Gasteiger partial charge in [-0.15, -0.1) is 0 Å². The Morgan fingerprint density at radius 2 is 1.92 bits per heavy atom. The van der Waals surface area contributed by atoms with Crippen LogP contribution in [0.1, 0.15) is 21.5 Å². The van der Waals surface area contributed by atoms with Crippen molar-refractivity contribution in [1.29, 1.82) is 0 Å². The van der Waals surface area contributed by atoms with Crippen molar-refractivity contribution in [2.24, 2.45) is 0 Å². The zero-order valence-electron chi connectivity index (χ0n) is 13.4. The van der Waals surface area contributed by atoms with E-state index >= 15 is 0 Å². The SMILES string of the molecule is Cc1cccc(C(=O)NCCc2ccc(OC(F)F)cc2)c1[N+](=O)[O-]. The fraction of sp³-hybridized carbons (Fsp3) is 0.235. The molecule has 1 N–H and O–H groups in total. The molecule has 0 atom stereocenters. The molecule has 132 valence electrons. The van der Waals surface area contributed by atoms with Crippen LogP contribution in [0.5, 0.6) is 5.75 Å². The quantitative estimate of drug-likeness (QED) is 0.612. The van der Waals surface area contributed by atoms with Crippen LogP contribution in [0.3, 0.4) is 0 Å². The minimum absolute atomic E-state index is 0.00526. The number of benzene rings is 2. The van der Waals surface area contributed by atoms with Crippen molar-refractivity contribution < 1.29 is 23.2 Å². The van der Waals surface area contributed by atoms with E-state index in [-0.39, 0.29) is 23.5 Å². The number of amides is 1. The Bertz CT molecular complexity index is 764. The fourth-order valence-corrected chi connectivity index (χ4v) is 2.34. The van der Waals surface area contributed by atoms with Gasteiger partial charge in [0.1, 0.15) is 11.3 Å². The van der Waals surface area contributed by atoms with Gasteiger partial charge >= 0.3 is 6.61 Å². The lowest BCUT2D eigenvalue weighted by molar-refractivity contribution is -0.385. The molecule has 25 heavy (non-hydrogen) atoms. The van der Waals surface area contributed by atoms with Crippen molar-refractivity contribution in [2.75, 3.05) is 6.54 Å². The van der Waals surface area contributed by atoms with Gasteiger partial charge in [0.25, 0.3) is 11.6 Å². The summed E-state index contributed by atoms with van der Waals surface area (Å²) in [6, 6.07) is 10.6. The molecule has 6 nitrogen and oxygen atoms in total. The predicted octanol–water partition coefficient (Wildman–Crippen LogP) is 3.48. The molecule has 0 heterocycles. The van der Waals surface area contributed by atoms with E-state index in [0.717, 1.165) is 5.56 Å². The molecule has 0 aliphatic rings. The number of carbonyl (C=O) groups excluding carboxylic acids is 1. The van der Waals surface area contributed by atoms with E-state index in [1.54, 1.807) is 31.2 Å². The smallest absolute Gasteiger partial charge is 0.387 e. The predicted molar refractivity (Wildman–Crippen MR) is 86.9 cm³/mol. The van der Waals surface area contributed by atoms with Crippen LogP contribution >= 0.6 is 0 Å². The average Bonchev–Trinajstić information content (AvgIpc) is 2.55. The number of nitro groups is 1. The highest BCUT2D eigenvalue weighted by Crippen LogP contribution is 2.22. The van der Waals surface area contributed by atoms with E-state index in [9.17, 15) is 23.7 Å². The summed E-state index contributed by atoms with van der Waals surface area (Å²) in [6.07, 6.45) is 0.445. The second-order valence-electron chi connectivity index (χ2n) is 5.26. The van der Waals surface area contributed by atoms with Crippen LogP contribution in [-0.4, -0.2) is 24.0 Å². The number of hydrogen-bond donors (Lipinski definition) is 1. The Morgan fingerprint density at radius 3 is 2.52 bits per heavy atom. The Hall–Kier alpha value is -3.03. The Balaban J connectivity index is 1.95. The summed E-state index contributed by atoms with van der Waals surface area (Å²) in [5.41, 5.74) is 1.01. The molecule has 0 spiro atoms. The van der Waals surface area contributed by atoms with Crippen LogP contribution < -0.4 is 10.1 Å². The lowest BCUT2D eigenvalue weighted by Crippen LogP contribution is -2.26. The van der Waals surface area contributed by atoms with Crippen LogP contribution in [0.25, 0.3) is 0 Å². The Labute approximate surface area is 142 Å². The number of hydrogen-bond acceptors (Lipinski definition) is 4. The molecule has 0 unspecified atom stereocenters. The number of alkyl halides is 2. The lowest BCUT2D eigenvalue weighted by Gasteiger charge is -2.08. The fourth-order valence-electron chi connectivity index (χ4n) is 2.34. The minimum atomic E-state index is -2.88. The maximum absolute atomic E-state index is 12.2. The van der Waals surface area contributed by atoms with Gasteiger partial charge in [0.15, 0.2) is 0 Å². The molecular formula is C17H16F2N2O4. The molecule has 0 radical (unpaired) electrons. The summed E-state index contributed by atoms with van der Waals surface area (Å²) >= 11 is 0. The van der Waals surface area contributed by atoms with Crippen molar-refractivity contribution >= 4 is 11.6 Å². The zero-order chi connectivity index (χ0) is 18.4. The van der Waals surface area contributed by atoms with E-state index in [1.165, 1.54) is 18.2 Å². The second kappa shape index (κ2) is 8.18. The number of ether oxygens (including phenoxy) is 1. The number of nitrogens with one attached hydrogen (secondary N) is 1. The topological polar surface area (TPSA) is 81.5 Å². The summed E-state index contributed by atoms with van der Waals surface area (Å²) in [5.74, 6) is -0.480. The third-order valence-electron chi connectivity index (χ3n) is 3.51. The van der Waals surface area contributed by atoms with Crippen LogP contribution in [-0.2, 0) is 6.42 Å². The molecule has 0 aromatic heterocycles. The highest BCUT2D eigenvalue weighted by atomic mass is 19.3. The van der Waals surface area contributed by atoms with Gasteiger partial charge in [-0.05, 0) is 37.1 Å². The first kappa shape index (κ1) is 18.3. The standard InChI is InChI=1S/C17H16F2N2O4/c1-11-3-2-4-14(15(11)21(23)24)16(22)20-10-9-12-5-7-13(8-6-12)25-17(18)19/h2-8,17H,9-10H2,1H3,(H,20,22). The van der Waals surface area contributed by atoms with Crippen LogP contribution in [0.15, 0.2) is 42.5 Å². The van der Waals surface area contributed by atoms with Crippen molar-refractivity contribution in [3.05, 3.63) is 69.3 Å². The maximum atomic E-state index is 12.2. The molecule has 0 aliphatic carbocycles. The molecule has 8 heteroatoms. The molecule has 1 amide bonds. The summed E-state index contributed by atoms with van der Waals surface area (Å²) < 4.78 is 28.4. The molecular weight excluding hydrogens is 334 g/mol.